The van der Waals surface area contributed by atoms with Crippen LogP contribution in [-0.4, -0.2) is 34.9 Å². The maximum atomic E-state index is 12.4. The van der Waals surface area contributed by atoms with Crippen LogP contribution in [-0.2, 0) is 4.79 Å². The summed E-state index contributed by atoms with van der Waals surface area (Å²) in [5, 5.41) is 23.2. The SMILES string of the molecule is CC/C=C\C/C=C\C/C=C\C/C=C\C/C=C\C/C=C\C/C=C\C/C=C\CCCCC(=O)NC(CO)C(O)CCCCCCCCCCCCCCCCCCCCCC. The molecule has 338 valence electrons. The first kappa shape index (κ1) is 56.3. The Kier molecular flexibility index (Phi) is 47.4. The zero-order chi connectivity index (χ0) is 42.8. The van der Waals surface area contributed by atoms with Crippen LogP contribution in [0.25, 0.3) is 0 Å². The highest BCUT2D eigenvalue weighted by Gasteiger charge is 2.19. The summed E-state index contributed by atoms with van der Waals surface area (Å²) in [4.78, 5) is 12.4. The Bertz CT molecular complexity index is 1110. The minimum absolute atomic E-state index is 0.0760. The number of hydrogen-bond donors (Lipinski definition) is 3. The minimum Gasteiger partial charge on any atom is -0.394 e. The molecule has 3 N–H and O–H groups in total. The molecule has 0 fully saturated rings. The van der Waals surface area contributed by atoms with E-state index in [9.17, 15) is 15.0 Å². The molecule has 2 unspecified atom stereocenters. The van der Waals surface area contributed by atoms with Crippen molar-refractivity contribution < 1.29 is 15.0 Å². The van der Waals surface area contributed by atoms with Crippen molar-refractivity contribution in [1.82, 2.24) is 5.32 Å². The van der Waals surface area contributed by atoms with Gasteiger partial charge in [0.15, 0.2) is 0 Å². The second kappa shape index (κ2) is 49.7. The molecule has 0 saturated heterocycles. The molecule has 2 atom stereocenters. The van der Waals surface area contributed by atoms with Gasteiger partial charge >= 0.3 is 0 Å². The van der Waals surface area contributed by atoms with E-state index in [1.165, 1.54) is 116 Å². The van der Waals surface area contributed by atoms with Crippen molar-refractivity contribution in [3.05, 3.63) is 97.2 Å². The molecule has 0 heterocycles. The molecular weight excluding hydrogens is 723 g/mol. The van der Waals surface area contributed by atoms with E-state index in [4.69, 9.17) is 0 Å². The molecule has 59 heavy (non-hydrogen) atoms. The second-order valence-corrected chi connectivity index (χ2v) is 16.5. The predicted octanol–water partition coefficient (Wildman–Crippen LogP) is 16.2. The van der Waals surface area contributed by atoms with Crippen LogP contribution in [0.2, 0.25) is 0 Å². The van der Waals surface area contributed by atoms with E-state index < -0.39 is 12.1 Å². The highest BCUT2D eigenvalue weighted by Crippen LogP contribution is 2.16. The van der Waals surface area contributed by atoms with Gasteiger partial charge in [-0.25, -0.2) is 0 Å². The predicted molar refractivity (Wildman–Crippen MR) is 262 cm³/mol. The first-order chi connectivity index (χ1) is 29.2. The van der Waals surface area contributed by atoms with E-state index in [1.54, 1.807) is 0 Å². The second-order valence-electron chi connectivity index (χ2n) is 16.5. The average molecular weight is 818 g/mol. The number of amides is 1. The molecule has 0 radical (unpaired) electrons. The topological polar surface area (TPSA) is 69.6 Å². The van der Waals surface area contributed by atoms with E-state index in [0.29, 0.717) is 12.8 Å². The fourth-order valence-corrected chi connectivity index (χ4v) is 7.08. The third-order valence-electron chi connectivity index (χ3n) is 10.9. The molecule has 0 aromatic rings. The summed E-state index contributed by atoms with van der Waals surface area (Å²) >= 11 is 0. The van der Waals surface area contributed by atoms with Crippen molar-refractivity contribution in [3.63, 3.8) is 0 Å². The van der Waals surface area contributed by atoms with Crippen LogP contribution in [0.5, 0.6) is 0 Å². The molecule has 0 spiro atoms. The summed E-state index contributed by atoms with van der Waals surface area (Å²) in [6, 6.07) is -0.567. The van der Waals surface area contributed by atoms with Crippen molar-refractivity contribution in [1.29, 1.82) is 0 Å². The van der Waals surface area contributed by atoms with Crippen LogP contribution in [0, 0.1) is 0 Å². The smallest absolute Gasteiger partial charge is 0.220 e. The molecule has 0 aliphatic heterocycles. The fourth-order valence-electron chi connectivity index (χ4n) is 7.08. The number of allylic oxidation sites excluding steroid dienone is 16. The number of carbonyl (C=O) groups is 1. The standard InChI is InChI=1S/C55H95NO3/c1-3-5-7-9-11-13-15-17-19-21-23-25-26-27-28-29-30-31-33-35-37-39-41-43-45-47-49-51-55(59)56-53(52-57)54(58)50-48-46-44-42-40-38-36-34-32-24-22-20-18-16-14-12-10-8-6-4-2/h5,7,11,13,17,19,23,25,27-28,30-31,35,37,41,43,53-54,57-58H,3-4,6,8-10,12,14-16,18,20-22,24,26,29,32-34,36,38-40,42,44-52H2,1-2H3,(H,56,59)/b7-5-,13-11-,19-17-,25-23-,28-27-,31-30-,37-35-,43-41-. The van der Waals surface area contributed by atoms with E-state index in [0.717, 1.165) is 83.5 Å². The molecule has 4 nitrogen and oxygen atoms in total. The van der Waals surface area contributed by atoms with Gasteiger partial charge in [-0.3, -0.25) is 4.79 Å². The summed E-state index contributed by atoms with van der Waals surface area (Å²) in [6.45, 7) is 4.23. The third kappa shape index (κ3) is 46.2. The summed E-state index contributed by atoms with van der Waals surface area (Å²) in [5.74, 6) is -0.0760. The lowest BCUT2D eigenvalue weighted by molar-refractivity contribution is -0.123. The Balaban J connectivity index is 3.66. The quantitative estimate of drug-likeness (QED) is 0.0424. The maximum Gasteiger partial charge on any atom is 0.220 e. The number of aliphatic hydroxyl groups is 2. The molecule has 0 aliphatic carbocycles. The van der Waals surface area contributed by atoms with E-state index >= 15 is 0 Å². The zero-order valence-corrected chi connectivity index (χ0v) is 38.7. The lowest BCUT2D eigenvalue weighted by Crippen LogP contribution is -2.45. The summed E-state index contributed by atoms with van der Waals surface area (Å²) in [6.07, 6.45) is 73.6. The van der Waals surface area contributed by atoms with Gasteiger partial charge in [0.1, 0.15) is 0 Å². The fraction of sp³-hybridized carbons (Fsp3) is 0.691. The van der Waals surface area contributed by atoms with Gasteiger partial charge in [0.05, 0.1) is 18.8 Å². The number of rotatable bonds is 44. The highest BCUT2D eigenvalue weighted by molar-refractivity contribution is 5.76. The summed E-state index contributed by atoms with van der Waals surface area (Å²) in [7, 11) is 0. The molecule has 1 amide bonds. The first-order valence-corrected chi connectivity index (χ1v) is 24.9. The van der Waals surface area contributed by atoms with Gasteiger partial charge in [-0.15, -0.1) is 0 Å². The number of unbranched alkanes of at least 4 members (excludes halogenated alkanes) is 21. The molecule has 0 aromatic carbocycles. The minimum atomic E-state index is -0.685. The first-order valence-electron chi connectivity index (χ1n) is 24.9. The number of nitrogens with one attached hydrogen (secondary N) is 1. The van der Waals surface area contributed by atoms with Crippen LogP contribution < -0.4 is 5.32 Å². The number of carbonyl (C=O) groups excluding carboxylic acids is 1. The van der Waals surface area contributed by atoms with Gasteiger partial charge in [0.25, 0.3) is 0 Å². The van der Waals surface area contributed by atoms with Crippen LogP contribution in [0.3, 0.4) is 0 Å². The summed E-state index contributed by atoms with van der Waals surface area (Å²) in [5.41, 5.74) is 0. The Morgan fingerprint density at radius 3 is 1.08 bits per heavy atom. The molecule has 0 aliphatic rings. The highest BCUT2D eigenvalue weighted by atomic mass is 16.3. The van der Waals surface area contributed by atoms with E-state index in [1.807, 2.05) is 0 Å². The van der Waals surface area contributed by atoms with E-state index in [2.05, 4.69) is 116 Å². The maximum absolute atomic E-state index is 12.4. The molecule has 4 heteroatoms. The van der Waals surface area contributed by atoms with Gasteiger partial charge in [-0.1, -0.05) is 239 Å². The van der Waals surface area contributed by atoms with Crippen molar-refractivity contribution in [2.75, 3.05) is 6.61 Å². The average Bonchev–Trinajstić information content (AvgIpc) is 3.24. The Hall–Kier alpha value is -2.69. The van der Waals surface area contributed by atoms with Gasteiger partial charge in [0, 0.05) is 6.42 Å². The molecule has 0 aromatic heterocycles. The zero-order valence-electron chi connectivity index (χ0n) is 38.7. The van der Waals surface area contributed by atoms with Gasteiger partial charge in [0.2, 0.25) is 5.91 Å². The van der Waals surface area contributed by atoms with Crippen LogP contribution in [0.15, 0.2) is 97.2 Å². The Morgan fingerprint density at radius 1 is 0.424 bits per heavy atom. The van der Waals surface area contributed by atoms with Crippen LogP contribution >= 0.6 is 0 Å². The monoisotopic (exact) mass is 818 g/mol. The lowest BCUT2D eigenvalue weighted by atomic mass is 10.0. The Labute approximate surface area is 366 Å². The van der Waals surface area contributed by atoms with Crippen LogP contribution in [0.1, 0.15) is 226 Å². The number of aliphatic hydroxyl groups excluding tert-OH is 2. The van der Waals surface area contributed by atoms with Crippen LogP contribution in [0.4, 0.5) is 0 Å². The van der Waals surface area contributed by atoms with Gasteiger partial charge < -0.3 is 15.5 Å². The van der Waals surface area contributed by atoms with Crippen molar-refractivity contribution in [2.45, 2.75) is 238 Å². The van der Waals surface area contributed by atoms with Crippen molar-refractivity contribution >= 4 is 5.91 Å². The molecule has 0 rings (SSSR count). The number of hydrogen-bond acceptors (Lipinski definition) is 3. The molecule has 0 saturated carbocycles. The van der Waals surface area contributed by atoms with Gasteiger partial charge in [-0.05, 0) is 77.0 Å². The lowest BCUT2D eigenvalue weighted by Gasteiger charge is -2.22. The van der Waals surface area contributed by atoms with Crippen molar-refractivity contribution in [3.8, 4) is 0 Å². The normalized spacial score (nSPS) is 13.8. The largest absolute Gasteiger partial charge is 0.394 e. The third-order valence-corrected chi connectivity index (χ3v) is 10.9. The molecule has 0 bridgehead atoms. The molecular formula is C55H95NO3. The van der Waals surface area contributed by atoms with Crippen molar-refractivity contribution in [2.24, 2.45) is 0 Å². The van der Waals surface area contributed by atoms with E-state index in [-0.39, 0.29) is 12.5 Å². The van der Waals surface area contributed by atoms with Gasteiger partial charge in [-0.2, -0.15) is 0 Å². The Morgan fingerprint density at radius 2 is 0.746 bits per heavy atom. The summed E-state index contributed by atoms with van der Waals surface area (Å²) < 4.78 is 0.